The molecule has 114 valence electrons. The normalized spacial score (nSPS) is 19.9. The van der Waals surface area contributed by atoms with Crippen molar-refractivity contribution in [3.05, 3.63) is 46.0 Å². The highest BCUT2D eigenvalue weighted by molar-refractivity contribution is 9.10. The van der Waals surface area contributed by atoms with Crippen molar-refractivity contribution < 1.29 is 4.74 Å². The minimum absolute atomic E-state index is 0.444. The minimum Gasteiger partial charge on any atom is -0.489 e. The van der Waals surface area contributed by atoms with Crippen LogP contribution >= 0.6 is 15.9 Å². The van der Waals surface area contributed by atoms with Crippen LogP contribution < -0.4 is 10.1 Å². The van der Waals surface area contributed by atoms with Gasteiger partial charge >= 0.3 is 0 Å². The molecule has 1 aromatic heterocycles. The highest BCUT2D eigenvalue weighted by Gasteiger charge is 2.20. The van der Waals surface area contributed by atoms with E-state index >= 15 is 0 Å². The Bertz CT molecular complexity index is 725. The predicted molar refractivity (Wildman–Crippen MR) is 87.7 cm³/mol. The maximum absolute atomic E-state index is 5.82. The highest BCUT2D eigenvalue weighted by atomic mass is 79.9. The third-order valence-electron chi connectivity index (χ3n) is 4.17. The summed E-state index contributed by atoms with van der Waals surface area (Å²) in [6.45, 7) is 2.40. The number of nitrogens with zero attached hydrogens (tertiary/aromatic N) is 3. The van der Waals surface area contributed by atoms with Gasteiger partial charge in [0.1, 0.15) is 24.5 Å². The first-order valence-corrected chi connectivity index (χ1v) is 8.29. The molecule has 2 aromatic rings. The summed E-state index contributed by atoms with van der Waals surface area (Å²) in [7, 11) is 0. The number of fused-ring (bicyclic) bond motifs is 2. The number of aryl methyl sites for hydroxylation is 1. The third kappa shape index (κ3) is 2.80. The quantitative estimate of drug-likeness (QED) is 0.913. The molecule has 5 nitrogen and oxygen atoms in total. The van der Waals surface area contributed by atoms with Crippen molar-refractivity contribution in [1.29, 1.82) is 0 Å². The van der Waals surface area contributed by atoms with Crippen molar-refractivity contribution in [2.24, 2.45) is 0 Å². The second kappa shape index (κ2) is 5.85. The summed E-state index contributed by atoms with van der Waals surface area (Å²) in [6, 6.07) is 6.55. The second-order valence-electron chi connectivity index (χ2n) is 5.75. The van der Waals surface area contributed by atoms with E-state index in [0.29, 0.717) is 12.6 Å². The molecular weight excluding hydrogens is 344 g/mol. The van der Waals surface area contributed by atoms with Crippen LogP contribution in [-0.2, 0) is 13.0 Å². The van der Waals surface area contributed by atoms with Crippen LogP contribution in [0.2, 0.25) is 0 Å². The van der Waals surface area contributed by atoms with Crippen LogP contribution in [0.3, 0.4) is 0 Å². The number of rotatable bonds is 3. The number of ether oxygens (including phenoxy) is 1. The van der Waals surface area contributed by atoms with Gasteiger partial charge in [-0.3, -0.25) is 0 Å². The van der Waals surface area contributed by atoms with Gasteiger partial charge in [-0.15, -0.1) is 0 Å². The van der Waals surface area contributed by atoms with Gasteiger partial charge in [-0.1, -0.05) is 15.9 Å². The fourth-order valence-electron chi connectivity index (χ4n) is 2.98. The molecule has 4 rings (SSSR count). The summed E-state index contributed by atoms with van der Waals surface area (Å²) in [5.74, 6) is 2.05. The maximum Gasteiger partial charge on any atom is 0.138 e. The molecule has 6 heteroatoms. The molecule has 0 bridgehead atoms. The second-order valence-corrected chi connectivity index (χ2v) is 6.66. The van der Waals surface area contributed by atoms with Crippen molar-refractivity contribution in [2.75, 3.05) is 13.2 Å². The lowest BCUT2D eigenvalue weighted by Gasteiger charge is -2.25. The zero-order chi connectivity index (χ0) is 14.9. The lowest BCUT2D eigenvalue weighted by molar-refractivity contribution is 0.330. The van der Waals surface area contributed by atoms with Gasteiger partial charge in [0.25, 0.3) is 0 Å². The van der Waals surface area contributed by atoms with Crippen molar-refractivity contribution in [1.82, 2.24) is 20.1 Å². The van der Waals surface area contributed by atoms with Crippen LogP contribution in [0.4, 0.5) is 0 Å². The van der Waals surface area contributed by atoms with Gasteiger partial charge in [0.15, 0.2) is 0 Å². The summed E-state index contributed by atoms with van der Waals surface area (Å²) in [5.41, 5.74) is 2.41. The first-order chi connectivity index (χ1) is 10.8. The summed E-state index contributed by atoms with van der Waals surface area (Å²) >= 11 is 3.51. The monoisotopic (exact) mass is 360 g/mol. The van der Waals surface area contributed by atoms with E-state index in [1.165, 1.54) is 5.57 Å². The van der Waals surface area contributed by atoms with Crippen LogP contribution in [0.25, 0.3) is 6.08 Å². The predicted octanol–water partition coefficient (Wildman–Crippen LogP) is 2.42. The van der Waals surface area contributed by atoms with E-state index in [1.807, 2.05) is 16.8 Å². The number of nitrogens with one attached hydrogen (secondary N) is 1. The van der Waals surface area contributed by atoms with Crippen molar-refractivity contribution in [3.63, 3.8) is 0 Å². The van der Waals surface area contributed by atoms with Crippen LogP contribution in [0.1, 0.15) is 17.8 Å². The molecule has 0 radical (unpaired) electrons. The first-order valence-electron chi connectivity index (χ1n) is 7.50. The van der Waals surface area contributed by atoms with Gasteiger partial charge in [0.05, 0.1) is 6.54 Å². The smallest absolute Gasteiger partial charge is 0.138 e. The molecule has 0 spiro atoms. The van der Waals surface area contributed by atoms with Crippen LogP contribution in [0, 0.1) is 0 Å². The summed E-state index contributed by atoms with van der Waals surface area (Å²) in [4.78, 5) is 4.26. The summed E-state index contributed by atoms with van der Waals surface area (Å²) in [6.07, 6.45) is 5.96. The van der Waals surface area contributed by atoms with Crippen LogP contribution in [0.15, 0.2) is 34.6 Å². The molecule has 2 aliphatic rings. The van der Waals surface area contributed by atoms with Crippen LogP contribution in [-0.4, -0.2) is 34.0 Å². The largest absolute Gasteiger partial charge is 0.489 e. The molecule has 2 aliphatic heterocycles. The Balaban J connectivity index is 1.41. The van der Waals surface area contributed by atoms with Gasteiger partial charge in [0, 0.05) is 29.0 Å². The fourth-order valence-corrected chi connectivity index (χ4v) is 3.36. The van der Waals surface area contributed by atoms with E-state index < -0.39 is 0 Å². The fraction of sp³-hybridized carbons (Fsp3) is 0.375. The average Bonchev–Trinajstić information content (AvgIpc) is 3.00. The lowest BCUT2D eigenvalue weighted by Crippen LogP contribution is -2.39. The zero-order valence-electron chi connectivity index (χ0n) is 12.1. The van der Waals surface area contributed by atoms with Gasteiger partial charge < -0.3 is 10.1 Å². The molecule has 1 atom stereocenters. The molecule has 3 heterocycles. The van der Waals surface area contributed by atoms with Crippen molar-refractivity contribution in [3.8, 4) is 5.75 Å². The molecule has 0 fully saturated rings. The Morgan fingerprint density at radius 1 is 1.41 bits per heavy atom. The van der Waals surface area contributed by atoms with E-state index in [1.54, 1.807) is 6.33 Å². The highest BCUT2D eigenvalue weighted by Crippen LogP contribution is 2.29. The van der Waals surface area contributed by atoms with Crippen molar-refractivity contribution >= 4 is 22.0 Å². The molecule has 1 aromatic carbocycles. The van der Waals surface area contributed by atoms with Crippen LogP contribution in [0.5, 0.6) is 5.75 Å². The molecular formula is C16H17BrN4O. The number of halogens is 1. The Morgan fingerprint density at radius 2 is 2.36 bits per heavy atom. The molecule has 0 amide bonds. The Hall–Kier alpha value is -1.66. The van der Waals surface area contributed by atoms with E-state index in [-0.39, 0.29) is 0 Å². The van der Waals surface area contributed by atoms with Gasteiger partial charge in [0.2, 0.25) is 0 Å². The molecule has 22 heavy (non-hydrogen) atoms. The molecule has 0 saturated carbocycles. The first kappa shape index (κ1) is 14.0. The van der Waals surface area contributed by atoms with Crippen molar-refractivity contribution in [2.45, 2.75) is 25.4 Å². The van der Waals surface area contributed by atoms with Gasteiger partial charge in [-0.05, 0) is 36.3 Å². The van der Waals surface area contributed by atoms with Gasteiger partial charge in [-0.2, -0.15) is 5.10 Å². The third-order valence-corrected chi connectivity index (χ3v) is 4.66. The Kier molecular flexibility index (Phi) is 3.72. The number of benzene rings is 1. The average molecular weight is 361 g/mol. The lowest BCUT2D eigenvalue weighted by atomic mass is 10.1. The molecule has 1 N–H and O–H groups in total. The Labute approximate surface area is 137 Å². The molecule has 0 aliphatic carbocycles. The van der Waals surface area contributed by atoms with E-state index in [4.69, 9.17) is 4.74 Å². The topological polar surface area (TPSA) is 52.0 Å². The number of aromatic nitrogens is 3. The van der Waals surface area contributed by atoms with E-state index in [0.717, 1.165) is 47.5 Å². The van der Waals surface area contributed by atoms with E-state index in [9.17, 15) is 0 Å². The summed E-state index contributed by atoms with van der Waals surface area (Å²) in [5, 5.41) is 7.88. The zero-order valence-corrected chi connectivity index (χ0v) is 13.7. The van der Waals surface area contributed by atoms with Gasteiger partial charge in [-0.25, -0.2) is 9.67 Å². The van der Waals surface area contributed by atoms with E-state index in [2.05, 4.69) is 43.5 Å². The number of hydrogen-bond donors (Lipinski definition) is 1. The minimum atomic E-state index is 0.444. The molecule has 1 unspecified atom stereocenters. The molecule has 0 saturated heterocycles. The number of hydrogen-bond acceptors (Lipinski definition) is 4. The Morgan fingerprint density at radius 3 is 3.32 bits per heavy atom. The summed E-state index contributed by atoms with van der Waals surface area (Å²) < 4.78 is 8.89. The standard InChI is InChI=1S/C16H17BrN4O/c17-13-1-3-15-12(6-13)5-11(9-22-15)7-18-14-2-4-16-19-10-20-21(16)8-14/h1,3,5-6,10,14,18H,2,4,7-9H2. The maximum atomic E-state index is 5.82. The SMILES string of the molecule is Brc1ccc2c(c1)C=C(CNC1CCc3ncnn3C1)CO2.